The number of benzene rings is 1. The van der Waals surface area contributed by atoms with Gasteiger partial charge in [-0.3, -0.25) is 14.8 Å². The first-order valence-corrected chi connectivity index (χ1v) is 9.31. The fourth-order valence-corrected chi connectivity index (χ4v) is 4.57. The van der Waals surface area contributed by atoms with Crippen LogP contribution in [0.4, 0.5) is 11.4 Å². The molecule has 3 heterocycles. The summed E-state index contributed by atoms with van der Waals surface area (Å²) in [7, 11) is 0. The van der Waals surface area contributed by atoms with Gasteiger partial charge in [0.05, 0.1) is 15.3 Å². The first kappa shape index (κ1) is 15.2. The topological polar surface area (TPSA) is 54.9 Å². The summed E-state index contributed by atoms with van der Waals surface area (Å²) in [6.07, 6.45) is 8.81. The third-order valence-corrected chi connectivity index (χ3v) is 5.90. The van der Waals surface area contributed by atoms with Crippen molar-refractivity contribution in [2.45, 2.75) is 12.8 Å². The van der Waals surface area contributed by atoms with Crippen LogP contribution in [0.2, 0.25) is 0 Å². The maximum atomic E-state index is 11.9. The molecule has 4 nitrogen and oxygen atoms in total. The van der Waals surface area contributed by atoms with Crippen LogP contribution in [-0.2, 0) is 6.42 Å². The number of ketones is 1. The zero-order valence-corrected chi connectivity index (χ0v) is 14.7. The minimum Gasteiger partial charge on any atom is -0.354 e. The van der Waals surface area contributed by atoms with Crippen molar-refractivity contribution in [1.29, 1.82) is 0 Å². The molecular formula is C21H15N3OS. The molecule has 0 bridgehead atoms. The van der Waals surface area contributed by atoms with Crippen LogP contribution in [0.3, 0.4) is 0 Å². The highest BCUT2D eigenvalue weighted by atomic mass is 32.1. The van der Waals surface area contributed by atoms with E-state index in [1.807, 2.05) is 42.9 Å². The van der Waals surface area contributed by atoms with E-state index < -0.39 is 0 Å². The van der Waals surface area contributed by atoms with Crippen LogP contribution in [0.5, 0.6) is 0 Å². The Morgan fingerprint density at radius 2 is 1.92 bits per heavy atom. The van der Waals surface area contributed by atoms with Gasteiger partial charge in [-0.25, -0.2) is 0 Å². The number of carbonyl (C=O) groups is 1. The summed E-state index contributed by atoms with van der Waals surface area (Å²) in [6.45, 7) is 0. The minimum absolute atomic E-state index is 0.245. The Hall–Kier alpha value is -3.05. The molecular weight excluding hydrogens is 342 g/mol. The van der Waals surface area contributed by atoms with Gasteiger partial charge in [0.25, 0.3) is 0 Å². The third kappa shape index (κ3) is 2.48. The second-order valence-corrected chi connectivity index (χ2v) is 7.39. The molecule has 0 unspecified atom stereocenters. The van der Waals surface area contributed by atoms with Crippen molar-refractivity contribution >= 4 is 38.6 Å². The Morgan fingerprint density at radius 1 is 1.00 bits per heavy atom. The lowest BCUT2D eigenvalue weighted by atomic mass is 10.1. The predicted molar refractivity (Wildman–Crippen MR) is 105 cm³/mol. The van der Waals surface area contributed by atoms with E-state index in [1.165, 1.54) is 0 Å². The number of Topliss-reactive ketones (excluding diaryl/α,β-unsaturated/α-hetero) is 1. The monoisotopic (exact) mass is 357 g/mol. The summed E-state index contributed by atoms with van der Waals surface area (Å²) in [5, 5.41) is 4.72. The van der Waals surface area contributed by atoms with Crippen LogP contribution >= 0.6 is 11.3 Å². The number of fused-ring (bicyclic) bond motifs is 2. The average Bonchev–Trinajstić information content (AvgIpc) is 3.24. The van der Waals surface area contributed by atoms with Gasteiger partial charge in [0.1, 0.15) is 0 Å². The van der Waals surface area contributed by atoms with E-state index in [9.17, 15) is 4.79 Å². The van der Waals surface area contributed by atoms with Crippen LogP contribution in [0, 0.1) is 0 Å². The number of anilines is 2. The quantitative estimate of drug-likeness (QED) is 0.545. The molecule has 0 radical (unpaired) electrons. The zero-order chi connectivity index (χ0) is 17.5. The van der Waals surface area contributed by atoms with Crippen LogP contribution < -0.4 is 5.32 Å². The van der Waals surface area contributed by atoms with Crippen molar-refractivity contribution in [3.8, 4) is 10.4 Å². The van der Waals surface area contributed by atoms with Gasteiger partial charge < -0.3 is 5.32 Å². The van der Waals surface area contributed by atoms with Crippen LogP contribution in [0.25, 0.3) is 20.5 Å². The summed E-state index contributed by atoms with van der Waals surface area (Å²) in [5.74, 6) is 0.245. The lowest BCUT2D eigenvalue weighted by molar-refractivity contribution is 0.0994. The standard InChI is InChI=1S/C21H15N3OS/c25-18-6-3-13-10-15(4-5-16(13)18)24-20-17-7-9-23-12-19(17)26-21(20)14-2-1-8-22-11-14/h1-2,4-5,7-12,24H,3,6H2. The van der Waals surface area contributed by atoms with Gasteiger partial charge in [0, 0.05) is 53.4 Å². The number of pyridine rings is 2. The highest BCUT2D eigenvalue weighted by Crippen LogP contribution is 2.43. The number of hydrogen-bond acceptors (Lipinski definition) is 5. The van der Waals surface area contributed by atoms with E-state index in [2.05, 4.69) is 27.4 Å². The molecule has 1 aliphatic rings. The van der Waals surface area contributed by atoms with Crippen LogP contribution in [0.15, 0.2) is 61.2 Å². The molecule has 0 aliphatic heterocycles. The number of carbonyl (C=O) groups excluding carboxylic acids is 1. The molecule has 0 amide bonds. The Bertz CT molecular complexity index is 1130. The van der Waals surface area contributed by atoms with Gasteiger partial charge in [-0.2, -0.15) is 0 Å². The molecule has 4 aromatic rings. The molecule has 5 rings (SSSR count). The van der Waals surface area contributed by atoms with Crippen molar-refractivity contribution in [3.63, 3.8) is 0 Å². The third-order valence-electron chi connectivity index (χ3n) is 4.71. The molecule has 0 spiro atoms. The number of hydrogen-bond donors (Lipinski definition) is 1. The highest BCUT2D eigenvalue weighted by Gasteiger charge is 2.20. The Balaban J connectivity index is 1.63. The smallest absolute Gasteiger partial charge is 0.163 e. The van der Waals surface area contributed by atoms with Gasteiger partial charge in [-0.15, -0.1) is 11.3 Å². The van der Waals surface area contributed by atoms with Crippen LogP contribution in [0.1, 0.15) is 22.3 Å². The second-order valence-electron chi connectivity index (χ2n) is 6.34. The molecule has 126 valence electrons. The average molecular weight is 357 g/mol. The summed E-state index contributed by atoms with van der Waals surface area (Å²) < 4.78 is 1.13. The van der Waals surface area contributed by atoms with Gasteiger partial charge in [0.2, 0.25) is 0 Å². The zero-order valence-electron chi connectivity index (χ0n) is 13.9. The molecule has 0 saturated heterocycles. The SMILES string of the molecule is O=C1CCc2cc(Nc3c(-c4cccnc4)sc4cnccc34)ccc21. The summed E-state index contributed by atoms with van der Waals surface area (Å²) in [6, 6.07) is 12.1. The molecule has 3 aromatic heterocycles. The molecule has 1 aromatic carbocycles. The Labute approximate surface area is 154 Å². The highest BCUT2D eigenvalue weighted by molar-refractivity contribution is 7.23. The normalized spacial score (nSPS) is 13.2. The van der Waals surface area contributed by atoms with E-state index in [1.54, 1.807) is 17.5 Å². The van der Waals surface area contributed by atoms with Gasteiger partial charge >= 0.3 is 0 Å². The number of rotatable bonds is 3. The Kier molecular flexibility index (Phi) is 3.53. The number of thiophene rings is 1. The molecule has 0 fully saturated rings. The van der Waals surface area contributed by atoms with Gasteiger partial charge in [0.15, 0.2) is 5.78 Å². The molecule has 5 heteroatoms. The fraction of sp³-hybridized carbons (Fsp3) is 0.0952. The Morgan fingerprint density at radius 3 is 2.81 bits per heavy atom. The lowest BCUT2D eigenvalue weighted by Crippen LogP contribution is -1.95. The molecule has 1 aliphatic carbocycles. The summed E-state index contributed by atoms with van der Waals surface area (Å²) in [5.41, 5.74) is 5.13. The molecule has 0 saturated carbocycles. The first-order valence-electron chi connectivity index (χ1n) is 8.50. The van der Waals surface area contributed by atoms with Gasteiger partial charge in [-0.05, 0) is 42.3 Å². The molecule has 26 heavy (non-hydrogen) atoms. The minimum atomic E-state index is 0.245. The first-order chi connectivity index (χ1) is 12.8. The van der Waals surface area contributed by atoms with Gasteiger partial charge in [-0.1, -0.05) is 6.07 Å². The van der Waals surface area contributed by atoms with Crippen molar-refractivity contribution in [3.05, 3.63) is 72.3 Å². The molecule has 0 atom stereocenters. The number of nitrogens with one attached hydrogen (secondary N) is 1. The maximum Gasteiger partial charge on any atom is 0.163 e. The van der Waals surface area contributed by atoms with Crippen molar-refractivity contribution < 1.29 is 4.79 Å². The van der Waals surface area contributed by atoms with E-state index >= 15 is 0 Å². The number of nitrogens with zero attached hydrogens (tertiary/aromatic N) is 2. The lowest BCUT2D eigenvalue weighted by Gasteiger charge is -2.10. The largest absolute Gasteiger partial charge is 0.354 e. The number of aromatic nitrogens is 2. The maximum absolute atomic E-state index is 11.9. The van der Waals surface area contributed by atoms with E-state index in [-0.39, 0.29) is 5.78 Å². The number of aryl methyl sites for hydroxylation is 1. The summed E-state index contributed by atoms with van der Waals surface area (Å²) >= 11 is 1.70. The predicted octanol–water partition coefficient (Wildman–Crippen LogP) is 5.23. The van der Waals surface area contributed by atoms with E-state index in [0.717, 1.165) is 49.4 Å². The van der Waals surface area contributed by atoms with E-state index in [4.69, 9.17) is 0 Å². The summed E-state index contributed by atoms with van der Waals surface area (Å²) in [4.78, 5) is 21.5. The van der Waals surface area contributed by atoms with Crippen molar-refractivity contribution in [2.24, 2.45) is 0 Å². The molecule has 1 N–H and O–H groups in total. The van der Waals surface area contributed by atoms with Crippen molar-refractivity contribution in [2.75, 3.05) is 5.32 Å². The second kappa shape index (κ2) is 6.04. The van der Waals surface area contributed by atoms with Crippen molar-refractivity contribution in [1.82, 2.24) is 9.97 Å². The van der Waals surface area contributed by atoms with Crippen LogP contribution in [-0.4, -0.2) is 15.8 Å². The fourth-order valence-electron chi connectivity index (χ4n) is 3.45. The van der Waals surface area contributed by atoms with E-state index in [0.29, 0.717) is 6.42 Å².